The van der Waals surface area contributed by atoms with Crippen LogP contribution in [-0.4, -0.2) is 23.2 Å². The molecule has 6 heteroatoms. The van der Waals surface area contributed by atoms with Gasteiger partial charge in [-0.1, -0.05) is 0 Å². The van der Waals surface area contributed by atoms with E-state index in [4.69, 9.17) is 5.73 Å². The van der Waals surface area contributed by atoms with E-state index in [1.807, 2.05) is 0 Å². The van der Waals surface area contributed by atoms with Gasteiger partial charge >= 0.3 is 0 Å². The van der Waals surface area contributed by atoms with Gasteiger partial charge in [0.05, 0.1) is 6.20 Å². The van der Waals surface area contributed by atoms with Crippen LogP contribution < -0.4 is 5.73 Å². The van der Waals surface area contributed by atoms with Gasteiger partial charge in [-0.25, -0.2) is 0 Å². The van der Waals surface area contributed by atoms with Crippen LogP contribution >= 0.6 is 0 Å². The van der Waals surface area contributed by atoms with Crippen LogP contribution in [0, 0.1) is 0 Å². The lowest BCUT2D eigenvalue weighted by Crippen LogP contribution is -2.36. The van der Waals surface area contributed by atoms with Crippen LogP contribution in [0.15, 0.2) is 39.5 Å². The highest BCUT2D eigenvalue weighted by Gasteiger charge is 2.29. The maximum atomic E-state index is 10.9. The summed E-state index contributed by atoms with van der Waals surface area (Å²) in [5.74, 6) is -0.00694. The predicted molar refractivity (Wildman–Crippen MR) is 45.4 cm³/mol. The summed E-state index contributed by atoms with van der Waals surface area (Å²) in [6.45, 7) is 0. The molecule has 6 nitrogen and oxygen atoms in total. The van der Waals surface area contributed by atoms with Crippen molar-refractivity contribution in [3.8, 4) is 0 Å². The van der Waals surface area contributed by atoms with Crippen LogP contribution in [0.5, 0.6) is 0 Å². The number of nitrogens with zero attached hydrogens (tertiary/aromatic N) is 4. The topological polar surface area (TPSA) is 83.4 Å². The number of carbonyl (C=O) groups is 1. The van der Waals surface area contributed by atoms with Gasteiger partial charge in [0.25, 0.3) is 5.91 Å². The van der Waals surface area contributed by atoms with E-state index in [2.05, 4.69) is 15.2 Å². The third-order valence-corrected chi connectivity index (χ3v) is 1.66. The molecule has 2 heterocycles. The Morgan fingerprint density at radius 2 is 2.46 bits per heavy atom. The first-order valence-corrected chi connectivity index (χ1v) is 3.68. The summed E-state index contributed by atoms with van der Waals surface area (Å²) in [6, 6.07) is 0. The summed E-state index contributed by atoms with van der Waals surface area (Å²) >= 11 is 0. The van der Waals surface area contributed by atoms with Gasteiger partial charge in [-0.3, -0.25) is 14.7 Å². The summed E-state index contributed by atoms with van der Waals surface area (Å²) in [4.78, 5) is 16.3. The fourth-order valence-corrected chi connectivity index (χ4v) is 1.08. The molecule has 1 atom stereocenters. The van der Waals surface area contributed by atoms with Crippen molar-refractivity contribution in [2.45, 2.75) is 6.17 Å². The Morgan fingerprint density at radius 1 is 1.62 bits per heavy atom. The molecule has 2 aliphatic rings. The van der Waals surface area contributed by atoms with E-state index in [1.165, 1.54) is 6.20 Å². The fourth-order valence-electron chi connectivity index (χ4n) is 1.08. The number of hydrogen-bond acceptors (Lipinski definition) is 5. The number of nitrogens with two attached hydrogens (primary N) is 1. The maximum absolute atomic E-state index is 10.9. The van der Waals surface area contributed by atoms with E-state index in [9.17, 15) is 4.79 Å². The van der Waals surface area contributed by atoms with Crippen molar-refractivity contribution in [3.63, 3.8) is 0 Å². The monoisotopic (exact) mass is 177 g/mol. The van der Waals surface area contributed by atoms with Crippen molar-refractivity contribution >= 4 is 12.1 Å². The molecule has 0 aliphatic carbocycles. The second kappa shape index (κ2) is 2.81. The second-order valence-electron chi connectivity index (χ2n) is 2.53. The number of rotatable bonds is 1. The molecule has 0 bridgehead atoms. The Bertz CT molecular complexity index is 354. The number of amides is 1. The van der Waals surface area contributed by atoms with Gasteiger partial charge in [0, 0.05) is 12.4 Å². The second-order valence-corrected chi connectivity index (χ2v) is 2.53. The summed E-state index contributed by atoms with van der Waals surface area (Å²) in [7, 11) is 0. The number of fused-ring (bicyclic) bond motifs is 1. The van der Waals surface area contributed by atoms with E-state index in [1.54, 1.807) is 23.4 Å². The Labute approximate surface area is 74.1 Å². The van der Waals surface area contributed by atoms with Crippen LogP contribution in [0.3, 0.4) is 0 Å². The van der Waals surface area contributed by atoms with Gasteiger partial charge in [-0.05, 0) is 6.08 Å². The standard InChI is InChI=1S/C7H7N5O/c8-6(13)7-11-10-5-4-9-2-1-3-12(5)7/h1-4,7H,(H2,8,13). The fraction of sp³-hybridized carbons (Fsp3) is 0.143. The summed E-state index contributed by atoms with van der Waals surface area (Å²) in [6.07, 6.45) is 5.74. The number of allylic oxidation sites excluding steroid dienone is 1. The average molecular weight is 177 g/mol. The molecule has 66 valence electrons. The minimum absolute atomic E-state index is 0.522. The van der Waals surface area contributed by atoms with Crippen LogP contribution in [0.2, 0.25) is 0 Å². The molecule has 0 spiro atoms. The SMILES string of the molecule is NC(=O)C1N=NC2=CN=CC=CN21. The Balaban J connectivity index is 2.33. The Morgan fingerprint density at radius 3 is 3.23 bits per heavy atom. The smallest absolute Gasteiger partial charge is 0.265 e. The lowest BCUT2D eigenvalue weighted by Gasteiger charge is -2.15. The largest absolute Gasteiger partial charge is 0.366 e. The number of hydrogen-bond donors (Lipinski definition) is 1. The molecule has 1 unspecified atom stereocenters. The van der Waals surface area contributed by atoms with Crippen LogP contribution in [0.25, 0.3) is 0 Å². The summed E-state index contributed by atoms with van der Waals surface area (Å²) in [5.41, 5.74) is 5.12. The van der Waals surface area contributed by atoms with Crippen LogP contribution in [-0.2, 0) is 4.79 Å². The zero-order chi connectivity index (χ0) is 9.26. The van der Waals surface area contributed by atoms with E-state index < -0.39 is 12.1 Å². The van der Waals surface area contributed by atoms with Gasteiger partial charge < -0.3 is 5.73 Å². The molecule has 2 aliphatic heterocycles. The molecule has 0 aromatic carbocycles. The first-order valence-electron chi connectivity index (χ1n) is 3.68. The van der Waals surface area contributed by atoms with Crippen molar-refractivity contribution in [3.05, 3.63) is 24.3 Å². The molecule has 0 radical (unpaired) electrons. The van der Waals surface area contributed by atoms with E-state index in [-0.39, 0.29) is 0 Å². The third kappa shape index (κ3) is 1.22. The minimum Gasteiger partial charge on any atom is -0.366 e. The Kier molecular flexibility index (Phi) is 1.66. The predicted octanol–water partition coefficient (Wildman–Crippen LogP) is -0.0374. The number of aliphatic imine (C=N–C) groups is 1. The maximum Gasteiger partial charge on any atom is 0.265 e. The molecule has 13 heavy (non-hydrogen) atoms. The Hall–Kier alpha value is -1.98. The first-order chi connectivity index (χ1) is 6.29. The minimum atomic E-state index is -0.732. The zero-order valence-corrected chi connectivity index (χ0v) is 6.66. The van der Waals surface area contributed by atoms with Crippen molar-refractivity contribution in [2.75, 3.05) is 0 Å². The van der Waals surface area contributed by atoms with Gasteiger partial charge in [-0.15, -0.1) is 5.11 Å². The molecule has 2 N–H and O–H groups in total. The molecular formula is C7H7N5O. The first kappa shape index (κ1) is 7.66. The van der Waals surface area contributed by atoms with E-state index >= 15 is 0 Å². The lowest BCUT2D eigenvalue weighted by molar-refractivity contribution is -0.121. The number of azo groups is 1. The molecule has 0 aromatic heterocycles. The van der Waals surface area contributed by atoms with Gasteiger partial charge in [0.15, 0.2) is 5.82 Å². The lowest BCUT2D eigenvalue weighted by atomic mass is 10.4. The van der Waals surface area contributed by atoms with Crippen molar-refractivity contribution in [1.29, 1.82) is 0 Å². The van der Waals surface area contributed by atoms with Crippen molar-refractivity contribution < 1.29 is 4.79 Å². The molecule has 2 rings (SSSR count). The van der Waals surface area contributed by atoms with Crippen LogP contribution in [0.1, 0.15) is 0 Å². The van der Waals surface area contributed by atoms with Crippen molar-refractivity contribution in [2.24, 2.45) is 21.0 Å². The normalized spacial score (nSPS) is 24.2. The molecule has 1 amide bonds. The summed E-state index contributed by atoms with van der Waals surface area (Å²) < 4.78 is 0. The molecular weight excluding hydrogens is 170 g/mol. The number of carbonyl (C=O) groups excluding carboxylic acids is 1. The van der Waals surface area contributed by atoms with E-state index in [0.717, 1.165) is 0 Å². The molecule has 0 saturated heterocycles. The molecule has 0 fully saturated rings. The number of primary amides is 1. The molecule has 0 saturated carbocycles. The zero-order valence-electron chi connectivity index (χ0n) is 6.66. The van der Waals surface area contributed by atoms with Gasteiger partial charge in [0.2, 0.25) is 6.17 Å². The third-order valence-electron chi connectivity index (χ3n) is 1.66. The van der Waals surface area contributed by atoms with Gasteiger partial charge in [0.1, 0.15) is 0 Å². The van der Waals surface area contributed by atoms with E-state index in [0.29, 0.717) is 5.82 Å². The van der Waals surface area contributed by atoms with Crippen LogP contribution in [0.4, 0.5) is 0 Å². The molecule has 0 aromatic rings. The average Bonchev–Trinajstić information content (AvgIpc) is 2.36. The summed E-state index contributed by atoms with van der Waals surface area (Å²) in [5, 5.41) is 7.47. The highest BCUT2D eigenvalue weighted by Crippen LogP contribution is 2.21. The highest BCUT2D eigenvalue weighted by molar-refractivity contribution is 5.81. The quantitative estimate of drug-likeness (QED) is 0.609. The van der Waals surface area contributed by atoms with Gasteiger partial charge in [-0.2, -0.15) is 5.11 Å². The van der Waals surface area contributed by atoms with Crippen molar-refractivity contribution in [1.82, 2.24) is 4.90 Å². The highest BCUT2D eigenvalue weighted by atomic mass is 16.1.